The van der Waals surface area contributed by atoms with E-state index in [0.717, 1.165) is 34.4 Å². The first-order chi connectivity index (χ1) is 19.9. The van der Waals surface area contributed by atoms with Gasteiger partial charge in [0.25, 0.3) is 0 Å². The zero-order chi connectivity index (χ0) is 29.2. The standard InChI is InChI=1S/C26H21N7O2S.C3H7NO/c1-2-35-19-11-9-18(10-12-19)33-25(17-6-5-13-28-15-17)31-32-26(33)36-16-23(34)20(14-27)24-29-21-7-3-4-8-22(21)30-24;1-4(2)3-5/h3-13,15,34H,2,16H2,1H3,(H,29,30);3H,1-2H3. The number of imidazole rings is 1. The molecule has 2 N–H and O–H groups in total. The van der Waals surface area contributed by atoms with E-state index in [1.165, 1.54) is 16.7 Å². The molecular formula is C29H28N8O3S. The van der Waals surface area contributed by atoms with Gasteiger partial charge in [-0.2, -0.15) is 5.26 Å². The summed E-state index contributed by atoms with van der Waals surface area (Å²) in [5.74, 6) is 1.68. The number of benzene rings is 2. The number of amides is 1. The van der Waals surface area contributed by atoms with Crippen molar-refractivity contribution in [1.29, 1.82) is 5.26 Å². The number of aliphatic hydroxyl groups is 1. The molecule has 2 aromatic carbocycles. The largest absolute Gasteiger partial charge is 0.510 e. The van der Waals surface area contributed by atoms with Gasteiger partial charge < -0.3 is 19.7 Å². The van der Waals surface area contributed by atoms with Crippen molar-refractivity contribution in [2.24, 2.45) is 0 Å². The molecule has 5 aromatic rings. The topological polar surface area (TPSA) is 146 Å². The summed E-state index contributed by atoms with van der Waals surface area (Å²) in [6, 6.07) is 20.9. The van der Waals surface area contributed by atoms with E-state index in [2.05, 4.69) is 31.2 Å². The third-order valence-corrected chi connectivity index (χ3v) is 6.47. The lowest BCUT2D eigenvalue weighted by molar-refractivity contribution is -0.115. The monoisotopic (exact) mass is 568 g/mol. The fourth-order valence-corrected chi connectivity index (χ4v) is 4.50. The Morgan fingerprint density at radius 3 is 2.54 bits per heavy atom. The molecule has 0 unspecified atom stereocenters. The minimum atomic E-state index is -0.106. The molecule has 0 bridgehead atoms. The molecule has 1 amide bonds. The van der Waals surface area contributed by atoms with Crippen molar-refractivity contribution in [2.45, 2.75) is 12.1 Å². The van der Waals surface area contributed by atoms with Gasteiger partial charge in [-0.3, -0.25) is 14.3 Å². The van der Waals surface area contributed by atoms with E-state index in [9.17, 15) is 15.2 Å². The van der Waals surface area contributed by atoms with E-state index in [1.807, 2.05) is 72.2 Å². The quantitative estimate of drug-likeness (QED) is 0.110. The summed E-state index contributed by atoms with van der Waals surface area (Å²) in [4.78, 5) is 22.6. The number of allylic oxidation sites excluding steroid dienone is 1. The molecule has 0 aliphatic rings. The molecular weight excluding hydrogens is 540 g/mol. The Kier molecular flexibility index (Phi) is 9.69. The Hall–Kier alpha value is -5.15. The number of fused-ring (bicyclic) bond motifs is 1. The van der Waals surface area contributed by atoms with Crippen LogP contribution in [-0.4, -0.2) is 72.6 Å². The van der Waals surface area contributed by atoms with E-state index >= 15 is 0 Å². The number of pyridine rings is 1. The fourth-order valence-electron chi connectivity index (χ4n) is 3.67. The highest BCUT2D eigenvalue weighted by Crippen LogP contribution is 2.30. The molecule has 3 heterocycles. The predicted octanol–water partition coefficient (Wildman–Crippen LogP) is 4.89. The number of hydrogen-bond donors (Lipinski definition) is 2. The maximum atomic E-state index is 10.8. The molecule has 0 atom stereocenters. The second-order valence-electron chi connectivity index (χ2n) is 8.70. The molecule has 3 aromatic heterocycles. The van der Waals surface area contributed by atoms with E-state index in [-0.39, 0.29) is 17.1 Å². The third kappa shape index (κ3) is 7.09. The molecule has 41 heavy (non-hydrogen) atoms. The molecule has 0 saturated carbocycles. The van der Waals surface area contributed by atoms with Crippen molar-refractivity contribution in [3.8, 4) is 28.9 Å². The zero-order valence-corrected chi connectivity index (χ0v) is 23.5. The smallest absolute Gasteiger partial charge is 0.209 e. The van der Waals surface area contributed by atoms with Crippen molar-refractivity contribution >= 4 is 34.8 Å². The number of carbonyl (C=O) groups excluding carboxylic acids is 1. The van der Waals surface area contributed by atoms with E-state index in [0.29, 0.717) is 23.4 Å². The average Bonchev–Trinajstić information content (AvgIpc) is 3.62. The number of H-pyrrole nitrogens is 1. The van der Waals surface area contributed by atoms with Crippen LogP contribution in [0.5, 0.6) is 5.75 Å². The van der Waals surface area contributed by atoms with Gasteiger partial charge in [0.2, 0.25) is 6.41 Å². The van der Waals surface area contributed by atoms with Crippen LogP contribution in [0, 0.1) is 11.3 Å². The fraction of sp³-hybridized carbons (Fsp3) is 0.172. The number of nitriles is 1. The zero-order valence-electron chi connectivity index (χ0n) is 22.7. The number of rotatable bonds is 9. The summed E-state index contributed by atoms with van der Waals surface area (Å²) in [5, 5.41) is 29.9. The second-order valence-corrected chi connectivity index (χ2v) is 9.65. The first-order valence-corrected chi connectivity index (χ1v) is 13.5. The van der Waals surface area contributed by atoms with Gasteiger partial charge in [0.1, 0.15) is 23.2 Å². The molecule has 0 saturated heterocycles. The van der Waals surface area contributed by atoms with Crippen LogP contribution in [0.3, 0.4) is 0 Å². The summed E-state index contributed by atoms with van der Waals surface area (Å²) in [7, 11) is 3.38. The first-order valence-electron chi connectivity index (χ1n) is 12.6. The number of para-hydroxylation sites is 2. The number of carbonyl (C=O) groups is 1. The molecule has 12 heteroatoms. The van der Waals surface area contributed by atoms with Gasteiger partial charge in [-0.05, 0) is 55.5 Å². The van der Waals surface area contributed by atoms with Crippen LogP contribution in [0.25, 0.3) is 33.7 Å². The van der Waals surface area contributed by atoms with Gasteiger partial charge >= 0.3 is 0 Å². The van der Waals surface area contributed by atoms with Crippen molar-refractivity contribution in [3.05, 3.63) is 84.6 Å². The van der Waals surface area contributed by atoms with Crippen LogP contribution in [0.2, 0.25) is 0 Å². The summed E-state index contributed by atoms with van der Waals surface area (Å²) in [6.45, 7) is 2.51. The molecule has 0 radical (unpaired) electrons. The molecule has 0 spiro atoms. The van der Waals surface area contributed by atoms with Crippen LogP contribution in [0.4, 0.5) is 0 Å². The van der Waals surface area contributed by atoms with Crippen molar-refractivity contribution in [2.75, 3.05) is 26.5 Å². The van der Waals surface area contributed by atoms with Crippen LogP contribution in [0.15, 0.2) is 84.0 Å². The minimum absolute atomic E-state index is 0.0818. The van der Waals surface area contributed by atoms with Gasteiger partial charge in [-0.25, -0.2) is 4.98 Å². The summed E-state index contributed by atoms with van der Waals surface area (Å²) >= 11 is 1.26. The first kappa shape index (κ1) is 28.8. The van der Waals surface area contributed by atoms with E-state index < -0.39 is 0 Å². The van der Waals surface area contributed by atoms with Crippen molar-refractivity contribution in [1.82, 2.24) is 34.6 Å². The van der Waals surface area contributed by atoms with Gasteiger partial charge in [-0.1, -0.05) is 23.9 Å². The van der Waals surface area contributed by atoms with Crippen LogP contribution < -0.4 is 4.74 Å². The van der Waals surface area contributed by atoms with Crippen LogP contribution in [-0.2, 0) is 4.79 Å². The van der Waals surface area contributed by atoms with E-state index in [1.54, 1.807) is 26.5 Å². The Balaban J connectivity index is 0.000000714. The van der Waals surface area contributed by atoms with Crippen molar-refractivity contribution in [3.63, 3.8) is 0 Å². The molecule has 0 fully saturated rings. The Morgan fingerprint density at radius 2 is 1.90 bits per heavy atom. The van der Waals surface area contributed by atoms with Crippen LogP contribution in [0.1, 0.15) is 12.7 Å². The maximum absolute atomic E-state index is 10.8. The number of hydrogen-bond acceptors (Lipinski definition) is 9. The van der Waals surface area contributed by atoms with Gasteiger partial charge in [0.05, 0.1) is 23.4 Å². The Morgan fingerprint density at radius 1 is 1.15 bits per heavy atom. The highest BCUT2D eigenvalue weighted by molar-refractivity contribution is 7.99. The Bertz CT molecular complexity index is 1640. The molecule has 0 aliphatic heterocycles. The SMILES string of the molecule is CCOc1ccc(-n2c(SCC(O)=C(C#N)c3nc4ccccc4[nH]3)nnc2-c2cccnc2)cc1.CN(C)C=O. The number of aromatic amines is 1. The summed E-state index contributed by atoms with van der Waals surface area (Å²) < 4.78 is 7.46. The summed E-state index contributed by atoms with van der Waals surface area (Å²) in [6.07, 6.45) is 4.16. The average molecular weight is 569 g/mol. The normalized spacial score (nSPS) is 11.2. The van der Waals surface area contributed by atoms with Gasteiger partial charge in [0.15, 0.2) is 16.8 Å². The maximum Gasteiger partial charge on any atom is 0.209 e. The lowest BCUT2D eigenvalue weighted by Crippen LogP contribution is -2.06. The van der Waals surface area contributed by atoms with Crippen molar-refractivity contribution < 1.29 is 14.6 Å². The highest BCUT2D eigenvalue weighted by Gasteiger charge is 2.19. The molecule has 11 nitrogen and oxygen atoms in total. The van der Waals surface area contributed by atoms with Crippen LogP contribution >= 0.6 is 11.8 Å². The summed E-state index contributed by atoms with van der Waals surface area (Å²) in [5.41, 5.74) is 3.21. The number of ether oxygens (including phenoxy) is 1. The molecule has 208 valence electrons. The van der Waals surface area contributed by atoms with Gasteiger partial charge in [-0.15, -0.1) is 10.2 Å². The lowest BCUT2D eigenvalue weighted by Gasteiger charge is -2.11. The van der Waals surface area contributed by atoms with Gasteiger partial charge in [0, 0.05) is 37.7 Å². The molecule has 5 rings (SSSR count). The predicted molar refractivity (Wildman–Crippen MR) is 157 cm³/mol. The number of aromatic nitrogens is 6. The highest BCUT2D eigenvalue weighted by atomic mass is 32.2. The third-order valence-electron chi connectivity index (χ3n) is 5.53. The number of nitrogens with zero attached hydrogens (tertiary/aromatic N) is 7. The minimum Gasteiger partial charge on any atom is -0.510 e. The molecule has 0 aliphatic carbocycles. The Labute approximate surface area is 241 Å². The van der Waals surface area contributed by atoms with E-state index in [4.69, 9.17) is 4.74 Å². The number of thioether (sulfide) groups is 1. The number of aliphatic hydroxyl groups excluding tert-OH is 1. The second kappa shape index (κ2) is 13.8. The number of nitrogens with one attached hydrogen (secondary N) is 1. The lowest BCUT2D eigenvalue weighted by atomic mass is 10.2.